The second kappa shape index (κ2) is 11.2. The second-order valence-electron chi connectivity index (χ2n) is 2.19. The average Bonchev–Trinajstić information content (AvgIpc) is 1.99. The van der Waals surface area contributed by atoms with Crippen LogP contribution in [0.15, 0.2) is 0 Å². The summed E-state index contributed by atoms with van der Waals surface area (Å²) < 4.78 is 0. The molecule has 0 amide bonds. The van der Waals surface area contributed by atoms with Gasteiger partial charge in [-0.25, -0.2) is 0 Å². The Morgan fingerprint density at radius 3 is 2.31 bits per heavy atom. The molecule has 0 saturated carbocycles. The first-order chi connectivity index (χ1) is 6.04. The highest BCUT2D eigenvalue weighted by atomic mass is 32.2. The number of nitrogens with one attached hydrogen (secondary N) is 1. The Morgan fingerprint density at radius 1 is 1.54 bits per heavy atom. The van der Waals surface area contributed by atoms with Gasteiger partial charge in [0.25, 0.3) is 0 Å². The number of ketones is 1. The molecular formula is C8H15NO3S. The lowest BCUT2D eigenvalue weighted by Crippen LogP contribution is -2.00. The fourth-order valence-corrected chi connectivity index (χ4v) is 1.13. The Balaban J connectivity index is 0. The summed E-state index contributed by atoms with van der Waals surface area (Å²) in [6.45, 7) is 3.17. The number of thioether (sulfide) groups is 1. The van der Waals surface area contributed by atoms with Crippen molar-refractivity contribution in [3.05, 3.63) is 0 Å². The first kappa shape index (κ1) is 14.7. The van der Waals surface area contributed by atoms with Gasteiger partial charge in [-0.05, 0) is 20.1 Å². The summed E-state index contributed by atoms with van der Waals surface area (Å²) in [6.07, 6.45) is 1.72. The summed E-state index contributed by atoms with van der Waals surface area (Å²) in [5.74, 6) is -0.0130. The topological polar surface area (TPSA) is 78.2 Å². The van der Waals surface area contributed by atoms with Crippen LogP contribution in [0.4, 0.5) is 0 Å². The van der Waals surface area contributed by atoms with Gasteiger partial charge in [0, 0.05) is 12.2 Å². The maximum Gasteiger partial charge on any atom is 0.313 e. The molecule has 0 aromatic heterocycles. The Kier molecular flexibility index (Phi) is 12.6. The van der Waals surface area contributed by atoms with Crippen LogP contribution in [0.2, 0.25) is 0 Å². The monoisotopic (exact) mass is 205 g/mol. The minimum atomic E-state index is -0.825. The molecule has 4 nitrogen and oxygen atoms in total. The van der Waals surface area contributed by atoms with Crippen LogP contribution in [-0.4, -0.2) is 34.6 Å². The fraction of sp³-hybridized carbons (Fsp3) is 0.625. The summed E-state index contributed by atoms with van der Waals surface area (Å²) in [5.41, 5.74) is 0. The normalized spacial score (nSPS) is 8.15. The summed E-state index contributed by atoms with van der Waals surface area (Å²) in [6, 6.07) is 0. The van der Waals surface area contributed by atoms with Gasteiger partial charge in [-0.1, -0.05) is 0 Å². The van der Waals surface area contributed by atoms with Crippen LogP contribution in [-0.2, 0) is 9.59 Å². The van der Waals surface area contributed by atoms with Crippen LogP contribution in [0, 0.1) is 5.41 Å². The van der Waals surface area contributed by atoms with E-state index in [1.165, 1.54) is 24.9 Å². The smallest absolute Gasteiger partial charge is 0.313 e. The number of hydrogen-bond acceptors (Lipinski definition) is 4. The van der Waals surface area contributed by atoms with Gasteiger partial charge in [-0.15, -0.1) is 11.8 Å². The van der Waals surface area contributed by atoms with E-state index >= 15 is 0 Å². The van der Waals surface area contributed by atoms with E-state index in [4.69, 9.17) is 10.5 Å². The standard InChI is InChI=1S/C6H10O3S.C2H5N/c1-5(7)2-3-10-4-6(8)9;1-2-3/h2-4H2,1H3,(H,8,9);2-3H,1H3. The number of Topliss-reactive ketones (excluding diaryl/α,β-unsaturated/α-hetero) is 1. The number of rotatable bonds is 5. The van der Waals surface area contributed by atoms with Gasteiger partial charge in [-0.2, -0.15) is 0 Å². The summed E-state index contributed by atoms with van der Waals surface area (Å²) in [7, 11) is 0. The number of aliphatic carboxylic acids is 1. The van der Waals surface area contributed by atoms with E-state index < -0.39 is 5.97 Å². The molecular weight excluding hydrogens is 190 g/mol. The number of carboxylic acid groups (broad SMARTS) is 1. The number of carbonyl (C=O) groups is 2. The van der Waals surface area contributed by atoms with Crippen molar-refractivity contribution in [3.8, 4) is 0 Å². The lowest BCUT2D eigenvalue weighted by Gasteiger charge is -1.93. The van der Waals surface area contributed by atoms with Gasteiger partial charge < -0.3 is 10.5 Å². The summed E-state index contributed by atoms with van der Waals surface area (Å²) in [4.78, 5) is 20.3. The molecule has 0 aliphatic rings. The molecule has 0 aliphatic heterocycles. The molecule has 0 bridgehead atoms. The fourth-order valence-electron chi connectivity index (χ4n) is 0.375. The van der Waals surface area contributed by atoms with E-state index in [1.54, 1.807) is 6.92 Å². The van der Waals surface area contributed by atoms with Gasteiger partial charge in [0.2, 0.25) is 0 Å². The van der Waals surface area contributed by atoms with Gasteiger partial charge in [-0.3, -0.25) is 9.59 Å². The van der Waals surface area contributed by atoms with Crippen LogP contribution >= 0.6 is 11.8 Å². The molecule has 76 valence electrons. The van der Waals surface area contributed by atoms with Crippen molar-refractivity contribution in [2.75, 3.05) is 11.5 Å². The van der Waals surface area contributed by atoms with E-state index in [2.05, 4.69) is 0 Å². The molecule has 0 aromatic rings. The van der Waals surface area contributed by atoms with Gasteiger partial charge in [0.1, 0.15) is 5.78 Å². The van der Waals surface area contributed by atoms with Crippen molar-refractivity contribution in [1.82, 2.24) is 0 Å². The van der Waals surface area contributed by atoms with Crippen LogP contribution in [0.1, 0.15) is 20.3 Å². The summed E-state index contributed by atoms with van der Waals surface area (Å²) >= 11 is 1.27. The Labute approximate surface area is 82.2 Å². The first-order valence-electron chi connectivity index (χ1n) is 3.78. The van der Waals surface area contributed by atoms with Gasteiger partial charge in [0.05, 0.1) is 5.75 Å². The molecule has 0 unspecified atom stereocenters. The Hall–Kier alpha value is -0.840. The quantitative estimate of drug-likeness (QED) is 0.526. The average molecular weight is 205 g/mol. The molecule has 0 rings (SSSR count). The highest BCUT2D eigenvalue weighted by Crippen LogP contribution is 2.01. The van der Waals surface area contributed by atoms with Crippen LogP contribution in [0.5, 0.6) is 0 Å². The van der Waals surface area contributed by atoms with Crippen molar-refractivity contribution in [2.45, 2.75) is 20.3 Å². The maximum atomic E-state index is 10.3. The molecule has 0 aromatic carbocycles. The molecule has 0 saturated heterocycles. The number of hydrogen-bond donors (Lipinski definition) is 2. The molecule has 5 heteroatoms. The van der Waals surface area contributed by atoms with E-state index in [-0.39, 0.29) is 11.5 Å². The highest BCUT2D eigenvalue weighted by Gasteiger charge is 1.97. The van der Waals surface area contributed by atoms with Crippen LogP contribution in [0.3, 0.4) is 0 Å². The molecule has 0 heterocycles. The number of carboxylic acids is 1. The summed E-state index contributed by atoms with van der Waals surface area (Å²) in [5, 5.41) is 14.3. The minimum absolute atomic E-state index is 0.0906. The van der Waals surface area contributed by atoms with E-state index in [0.717, 1.165) is 0 Å². The maximum absolute atomic E-state index is 10.3. The Bertz CT molecular complexity index is 155. The van der Waals surface area contributed by atoms with Crippen molar-refractivity contribution in [3.63, 3.8) is 0 Å². The van der Waals surface area contributed by atoms with E-state index in [9.17, 15) is 9.59 Å². The molecule has 0 radical (unpaired) electrons. The predicted molar refractivity (Wildman–Crippen MR) is 54.7 cm³/mol. The molecule has 0 aliphatic carbocycles. The largest absolute Gasteiger partial charge is 0.481 e. The van der Waals surface area contributed by atoms with Crippen molar-refractivity contribution >= 4 is 29.7 Å². The second-order valence-corrected chi connectivity index (χ2v) is 3.29. The predicted octanol–water partition coefficient (Wildman–Crippen LogP) is 1.44. The van der Waals surface area contributed by atoms with Gasteiger partial charge in [0.15, 0.2) is 0 Å². The van der Waals surface area contributed by atoms with Crippen molar-refractivity contribution < 1.29 is 14.7 Å². The lowest BCUT2D eigenvalue weighted by molar-refractivity contribution is -0.134. The molecule has 0 fully saturated rings. The zero-order valence-corrected chi connectivity index (χ0v) is 8.69. The lowest BCUT2D eigenvalue weighted by atomic mass is 10.4. The Morgan fingerprint density at radius 2 is 2.00 bits per heavy atom. The van der Waals surface area contributed by atoms with E-state index in [1.807, 2.05) is 0 Å². The molecule has 2 N–H and O–H groups in total. The SMILES string of the molecule is CC(=O)CCSCC(=O)O.CC=N. The first-order valence-corrected chi connectivity index (χ1v) is 4.94. The number of carbonyl (C=O) groups excluding carboxylic acids is 1. The molecule has 0 atom stereocenters. The third kappa shape index (κ3) is 24.7. The zero-order chi connectivity index (χ0) is 10.7. The van der Waals surface area contributed by atoms with Crippen molar-refractivity contribution in [1.29, 1.82) is 5.41 Å². The highest BCUT2D eigenvalue weighted by molar-refractivity contribution is 7.99. The van der Waals surface area contributed by atoms with Crippen molar-refractivity contribution in [2.24, 2.45) is 0 Å². The third-order valence-corrected chi connectivity index (χ3v) is 1.77. The minimum Gasteiger partial charge on any atom is -0.481 e. The molecule has 0 spiro atoms. The third-order valence-electron chi connectivity index (χ3n) is 0.824. The molecule has 13 heavy (non-hydrogen) atoms. The van der Waals surface area contributed by atoms with Crippen LogP contribution in [0.25, 0.3) is 0 Å². The van der Waals surface area contributed by atoms with E-state index in [0.29, 0.717) is 12.2 Å². The van der Waals surface area contributed by atoms with Gasteiger partial charge >= 0.3 is 5.97 Å². The van der Waals surface area contributed by atoms with Crippen LogP contribution < -0.4 is 0 Å². The zero-order valence-electron chi connectivity index (χ0n) is 7.87.